The minimum atomic E-state index is -2.16. The van der Waals surface area contributed by atoms with Crippen LogP contribution in [0.3, 0.4) is 0 Å². The van der Waals surface area contributed by atoms with Crippen molar-refractivity contribution in [2.75, 3.05) is 5.33 Å². The van der Waals surface area contributed by atoms with Gasteiger partial charge in [0.25, 0.3) is 0 Å². The molecule has 0 bridgehead atoms. The molecule has 7 atom stereocenters. The van der Waals surface area contributed by atoms with Gasteiger partial charge in [0.15, 0.2) is 0 Å². The smallest absolute Gasteiger partial charge is 0.238 e. The lowest BCUT2D eigenvalue weighted by Gasteiger charge is -2.54. The first kappa shape index (κ1) is 19.8. The number of fused-ring (bicyclic) bond motifs is 3. The highest BCUT2D eigenvalue weighted by Gasteiger charge is 2.57. The summed E-state index contributed by atoms with van der Waals surface area (Å²) in [6, 6.07) is 0. The number of hydrogen-bond donors (Lipinski definition) is 0. The molecule has 0 radical (unpaired) electrons. The largest absolute Gasteiger partial charge is 0.298 e. The molecule has 0 saturated heterocycles. The molecule has 3 aliphatic rings. The summed E-state index contributed by atoms with van der Waals surface area (Å²) in [6.45, 7) is 4.54. The second-order valence-electron chi connectivity index (χ2n) is 9.13. The monoisotopic (exact) mass is 418 g/mol. The van der Waals surface area contributed by atoms with E-state index in [0.717, 1.165) is 44.9 Å². The summed E-state index contributed by atoms with van der Waals surface area (Å²) in [5.41, 5.74) is 0.151. The summed E-state index contributed by atoms with van der Waals surface area (Å²) in [4.78, 5) is 12.4. The molecule has 144 valence electrons. The Balaban J connectivity index is 1.79. The minimum absolute atomic E-state index is 0.0977. The first-order valence-electron chi connectivity index (χ1n) is 10.3. The fourth-order valence-electron chi connectivity index (χ4n) is 7.16. The molecule has 3 fully saturated rings. The SMILES string of the molecule is CCCC1C(CC(F)F)CCC2C1CCC1(C)C(C(=O)CBr)CCC21. The fourth-order valence-corrected chi connectivity index (χ4v) is 7.55. The normalized spacial score (nSPS) is 43.8. The van der Waals surface area contributed by atoms with Crippen molar-refractivity contribution in [3.8, 4) is 0 Å². The molecule has 7 unspecified atom stereocenters. The first-order chi connectivity index (χ1) is 11.9. The van der Waals surface area contributed by atoms with E-state index in [0.29, 0.717) is 34.8 Å². The molecule has 25 heavy (non-hydrogen) atoms. The molecule has 0 aromatic carbocycles. The Labute approximate surface area is 159 Å². The van der Waals surface area contributed by atoms with E-state index >= 15 is 0 Å². The van der Waals surface area contributed by atoms with E-state index < -0.39 is 6.43 Å². The van der Waals surface area contributed by atoms with Crippen LogP contribution >= 0.6 is 15.9 Å². The summed E-state index contributed by atoms with van der Waals surface area (Å²) >= 11 is 3.37. The fraction of sp³-hybridized carbons (Fsp3) is 0.952. The zero-order chi connectivity index (χ0) is 18.2. The molecule has 0 aromatic rings. The Kier molecular flexibility index (Phi) is 6.28. The quantitative estimate of drug-likeness (QED) is 0.450. The van der Waals surface area contributed by atoms with Gasteiger partial charge in [-0.1, -0.05) is 42.6 Å². The van der Waals surface area contributed by atoms with Crippen LogP contribution < -0.4 is 0 Å². The Bertz CT molecular complexity index is 483. The van der Waals surface area contributed by atoms with Gasteiger partial charge in [-0.15, -0.1) is 0 Å². The van der Waals surface area contributed by atoms with Crippen molar-refractivity contribution in [2.24, 2.45) is 40.9 Å². The maximum atomic E-state index is 13.1. The summed E-state index contributed by atoms with van der Waals surface area (Å²) in [7, 11) is 0. The number of carbonyl (C=O) groups is 1. The van der Waals surface area contributed by atoms with Crippen molar-refractivity contribution in [1.82, 2.24) is 0 Å². The molecule has 0 spiro atoms. The van der Waals surface area contributed by atoms with Crippen LogP contribution in [0.25, 0.3) is 0 Å². The van der Waals surface area contributed by atoms with Gasteiger partial charge in [0, 0.05) is 12.3 Å². The molecule has 3 rings (SSSR count). The van der Waals surface area contributed by atoms with Crippen LogP contribution in [-0.2, 0) is 4.79 Å². The summed E-state index contributed by atoms with van der Waals surface area (Å²) in [5.74, 6) is 3.19. The third-order valence-corrected chi connectivity index (χ3v) is 8.69. The molecule has 0 aliphatic heterocycles. The van der Waals surface area contributed by atoms with E-state index in [1.54, 1.807) is 0 Å². The van der Waals surface area contributed by atoms with Gasteiger partial charge in [0.05, 0.1) is 5.33 Å². The highest BCUT2D eigenvalue weighted by molar-refractivity contribution is 9.09. The molecule has 0 heterocycles. The third kappa shape index (κ3) is 3.58. The highest BCUT2D eigenvalue weighted by Crippen LogP contribution is 2.63. The number of hydrogen-bond acceptors (Lipinski definition) is 1. The van der Waals surface area contributed by atoms with Crippen LogP contribution in [-0.4, -0.2) is 17.5 Å². The van der Waals surface area contributed by atoms with Crippen LogP contribution in [0.2, 0.25) is 0 Å². The molecule has 1 nitrogen and oxygen atoms in total. The maximum absolute atomic E-state index is 13.1. The molecule has 3 saturated carbocycles. The number of ketones is 1. The van der Waals surface area contributed by atoms with Crippen molar-refractivity contribution in [2.45, 2.75) is 78.1 Å². The van der Waals surface area contributed by atoms with Gasteiger partial charge in [-0.2, -0.15) is 0 Å². The van der Waals surface area contributed by atoms with E-state index in [1.165, 1.54) is 6.42 Å². The zero-order valence-corrected chi connectivity index (χ0v) is 17.2. The van der Waals surface area contributed by atoms with Crippen LogP contribution in [0.4, 0.5) is 8.78 Å². The topological polar surface area (TPSA) is 17.1 Å². The van der Waals surface area contributed by atoms with Gasteiger partial charge < -0.3 is 0 Å². The van der Waals surface area contributed by atoms with Gasteiger partial charge in [0.2, 0.25) is 6.43 Å². The number of rotatable bonds is 6. The predicted molar refractivity (Wildman–Crippen MR) is 101 cm³/mol. The average molecular weight is 419 g/mol. The van der Waals surface area contributed by atoms with Gasteiger partial charge >= 0.3 is 0 Å². The van der Waals surface area contributed by atoms with E-state index in [4.69, 9.17) is 0 Å². The van der Waals surface area contributed by atoms with E-state index in [2.05, 4.69) is 29.8 Å². The lowest BCUT2D eigenvalue weighted by atomic mass is 9.50. The summed E-state index contributed by atoms with van der Waals surface area (Å²) in [5, 5.41) is 0.475. The minimum Gasteiger partial charge on any atom is -0.298 e. The third-order valence-electron chi connectivity index (χ3n) is 8.14. The van der Waals surface area contributed by atoms with E-state index in [1.807, 2.05) is 0 Å². The zero-order valence-electron chi connectivity index (χ0n) is 15.7. The van der Waals surface area contributed by atoms with Gasteiger partial charge in [-0.3, -0.25) is 4.79 Å². The van der Waals surface area contributed by atoms with Crippen LogP contribution in [0.1, 0.15) is 71.6 Å². The van der Waals surface area contributed by atoms with E-state index in [9.17, 15) is 13.6 Å². The molecule has 0 aromatic heterocycles. The number of halogens is 3. The first-order valence-corrected chi connectivity index (χ1v) is 11.4. The number of alkyl halides is 3. The van der Waals surface area contributed by atoms with E-state index in [-0.39, 0.29) is 23.7 Å². The van der Waals surface area contributed by atoms with Crippen molar-refractivity contribution in [1.29, 1.82) is 0 Å². The second kappa shape index (κ2) is 7.94. The highest BCUT2D eigenvalue weighted by atomic mass is 79.9. The van der Waals surface area contributed by atoms with Crippen molar-refractivity contribution >= 4 is 21.7 Å². The van der Waals surface area contributed by atoms with Gasteiger partial charge in [0.1, 0.15) is 5.78 Å². The Hall–Kier alpha value is 0.01000. The Morgan fingerprint density at radius 2 is 1.92 bits per heavy atom. The van der Waals surface area contributed by atoms with Crippen LogP contribution in [0.5, 0.6) is 0 Å². The lowest BCUT2D eigenvalue weighted by Crippen LogP contribution is -2.48. The number of carbonyl (C=O) groups excluding carboxylic acids is 1. The predicted octanol–water partition coefficient (Wildman–Crippen LogP) is 6.49. The van der Waals surface area contributed by atoms with Gasteiger partial charge in [-0.05, 0) is 73.5 Å². The lowest BCUT2D eigenvalue weighted by molar-refractivity contribution is -0.127. The van der Waals surface area contributed by atoms with Crippen LogP contribution in [0, 0.1) is 40.9 Å². The van der Waals surface area contributed by atoms with Crippen molar-refractivity contribution in [3.63, 3.8) is 0 Å². The Morgan fingerprint density at radius 3 is 2.56 bits per heavy atom. The van der Waals surface area contributed by atoms with Crippen molar-refractivity contribution < 1.29 is 13.6 Å². The average Bonchev–Trinajstić information content (AvgIpc) is 2.93. The standard InChI is InChI=1S/C21H33BrF2O/c1-3-4-14-13(11-20(23)24)5-6-16-15(14)9-10-21(2)17(16)7-8-18(21)19(25)12-22/h13-18,20H,3-12H2,1-2H3. The Morgan fingerprint density at radius 1 is 1.16 bits per heavy atom. The van der Waals surface area contributed by atoms with Crippen molar-refractivity contribution in [3.05, 3.63) is 0 Å². The number of Topliss-reactive ketones (excluding diaryl/α,β-unsaturated/α-hetero) is 1. The molecular weight excluding hydrogens is 386 g/mol. The summed E-state index contributed by atoms with van der Waals surface area (Å²) < 4.78 is 26.1. The maximum Gasteiger partial charge on any atom is 0.238 e. The molecular formula is C21H33BrF2O. The molecule has 0 N–H and O–H groups in total. The second-order valence-corrected chi connectivity index (χ2v) is 9.69. The molecule has 0 amide bonds. The molecule has 4 heteroatoms. The van der Waals surface area contributed by atoms with Gasteiger partial charge in [-0.25, -0.2) is 8.78 Å². The van der Waals surface area contributed by atoms with Crippen LogP contribution in [0.15, 0.2) is 0 Å². The summed E-state index contributed by atoms with van der Waals surface area (Å²) in [6.07, 6.45) is 6.68. The molecule has 3 aliphatic carbocycles.